The molecular weight excluding hydrogens is 231 g/mol. The van der Waals surface area contributed by atoms with Gasteiger partial charge in [-0.15, -0.1) is 0 Å². The highest BCUT2D eigenvalue weighted by atomic mass is 19.1. The van der Waals surface area contributed by atoms with Gasteiger partial charge in [-0.05, 0) is 31.5 Å². The Hall–Kier alpha value is -1.97. The van der Waals surface area contributed by atoms with Crippen LogP contribution in [-0.2, 0) is 0 Å². The van der Waals surface area contributed by atoms with E-state index in [0.717, 1.165) is 11.8 Å². The minimum absolute atomic E-state index is 0.0995. The molecule has 0 bridgehead atoms. The largest absolute Gasteiger partial charge is 0.348 e. The highest BCUT2D eigenvalue weighted by Gasteiger charge is 2.10. The molecule has 0 fully saturated rings. The van der Waals surface area contributed by atoms with Crippen molar-refractivity contribution >= 4 is 16.8 Å². The zero-order valence-electron chi connectivity index (χ0n) is 10.4. The molecule has 2 aromatic rings. The van der Waals surface area contributed by atoms with E-state index in [0.29, 0.717) is 11.2 Å². The lowest BCUT2D eigenvalue weighted by Gasteiger charge is -2.11. The Morgan fingerprint density at radius 1 is 1.39 bits per heavy atom. The van der Waals surface area contributed by atoms with Crippen molar-refractivity contribution in [2.75, 3.05) is 0 Å². The number of rotatable bonds is 3. The second kappa shape index (κ2) is 5.12. The first-order chi connectivity index (χ1) is 8.60. The van der Waals surface area contributed by atoms with Crippen LogP contribution in [-0.4, -0.2) is 16.9 Å². The van der Waals surface area contributed by atoms with Crippen molar-refractivity contribution < 1.29 is 9.18 Å². The molecule has 0 spiro atoms. The first-order valence-corrected chi connectivity index (χ1v) is 5.97. The molecule has 0 aliphatic carbocycles. The van der Waals surface area contributed by atoms with Crippen LogP contribution in [0.1, 0.15) is 30.8 Å². The van der Waals surface area contributed by atoms with Crippen molar-refractivity contribution in [2.24, 2.45) is 0 Å². The summed E-state index contributed by atoms with van der Waals surface area (Å²) < 4.78 is 13.1. The van der Waals surface area contributed by atoms with Gasteiger partial charge < -0.3 is 5.32 Å². The number of aromatic nitrogens is 1. The van der Waals surface area contributed by atoms with Crippen LogP contribution in [0.2, 0.25) is 0 Å². The molecular formula is C14H15FN2O. The molecule has 0 saturated carbocycles. The van der Waals surface area contributed by atoms with Gasteiger partial charge in [0.25, 0.3) is 5.91 Å². The molecule has 1 unspecified atom stereocenters. The van der Waals surface area contributed by atoms with Crippen molar-refractivity contribution in [3.8, 4) is 0 Å². The Morgan fingerprint density at radius 3 is 2.83 bits per heavy atom. The van der Waals surface area contributed by atoms with Gasteiger partial charge >= 0.3 is 0 Å². The number of carbonyl (C=O) groups is 1. The maximum absolute atomic E-state index is 13.1. The third kappa shape index (κ3) is 2.64. The summed E-state index contributed by atoms with van der Waals surface area (Å²) in [4.78, 5) is 16.0. The fourth-order valence-electron chi connectivity index (χ4n) is 1.62. The number of nitrogens with one attached hydrogen (secondary N) is 1. The van der Waals surface area contributed by atoms with Gasteiger partial charge in [0, 0.05) is 17.5 Å². The third-order valence-corrected chi connectivity index (χ3v) is 2.88. The summed E-state index contributed by atoms with van der Waals surface area (Å²) in [6.07, 6.45) is 0.855. The smallest absolute Gasteiger partial charge is 0.270 e. The Bertz CT molecular complexity index is 583. The Labute approximate surface area is 105 Å². The summed E-state index contributed by atoms with van der Waals surface area (Å²) in [6.45, 7) is 3.92. The number of benzene rings is 1. The molecule has 0 aliphatic rings. The molecule has 3 nitrogen and oxygen atoms in total. The molecule has 1 aromatic carbocycles. The number of hydrogen-bond donors (Lipinski definition) is 1. The second-order valence-electron chi connectivity index (χ2n) is 4.32. The molecule has 18 heavy (non-hydrogen) atoms. The Balaban J connectivity index is 2.31. The molecule has 1 amide bonds. The van der Waals surface area contributed by atoms with E-state index in [1.54, 1.807) is 18.2 Å². The lowest BCUT2D eigenvalue weighted by Crippen LogP contribution is -2.32. The van der Waals surface area contributed by atoms with Crippen molar-refractivity contribution in [2.45, 2.75) is 26.3 Å². The zero-order chi connectivity index (χ0) is 13.1. The topological polar surface area (TPSA) is 42.0 Å². The van der Waals surface area contributed by atoms with Gasteiger partial charge in [0.05, 0.1) is 5.52 Å². The van der Waals surface area contributed by atoms with E-state index < -0.39 is 0 Å². The minimum Gasteiger partial charge on any atom is -0.348 e. The molecule has 1 heterocycles. The van der Waals surface area contributed by atoms with Gasteiger partial charge in [0.2, 0.25) is 0 Å². The van der Waals surface area contributed by atoms with Crippen LogP contribution in [0.3, 0.4) is 0 Å². The van der Waals surface area contributed by atoms with Crippen LogP contribution in [0.25, 0.3) is 10.9 Å². The Kier molecular flexibility index (Phi) is 3.55. The number of halogens is 1. The van der Waals surface area contributed by atoms with Crippen molar-refractivity contribution in [1.29, 1.82) is 0 Å². The molecule has 2 rings (SSSR count). The second-order valence-corrected chi connectivity index (χ2v) is 4.32. The monoisotopic (exact) mass is 246 g/mol. The van der Waals surface area contributed by atoms with Gasteiger partial charge in [-0.25, -0.2) is 9.37 Å². The number of pyridine rings is 1. The molecule has 0 radical (unpaired) electrons. The standard InChI is InChI=1S/C14H15FN2O/c1-3-9(2)16-14(18)12-7-5-10-4-6-11(15)8-13(10)17-12/h4-9H,3H2,1-2H3,(H,16,18). The van der Waals surface area contributed by atoms with Gasteiger partial charge in [0.1, 0.15) is 11.5 Å². The van der Waals surface area contributed by atoms with Crippen LogP contribution in [0.4, 0.5) is 4.39 Å². The van der Waals surface area contributed by atoms with Gasteiger partial charge in [-0.2, -0.15) is 0 Å². The number of fused-ring (bicyclic) bond motifs is 1. The molecule has 0 saturated heterocycles. The molecule has 0 aliphatic heterocycles. The maximum Gasteiger partial charge on any atom is 0.270 e. The van der Waals surface area contributed by atoms with E-state index in [9.17, 15) is 9.18 Å². The predicted molar refractivity (Wildman–Crippen MR) is 68.9 cm³/mol. The van der Waals surface area contributed by atoms with Crippen molar-refractivity contribution in [3.05, 3.63) is 41.8 Å². The fraction of sp³-hybridized carbons (Fsp3) is 0.286. The Morgan fingerprint density at radius 2 is 2.11 bits per heavy atom. The summed E-state index contributed by atoms with van der Waals surface area (Å²) in [7, 11) is 0. The average Bonchev–Trinajstić information content (AvgIpc) is 2.37. The zero-order valence-corrected chi connectivity index (χ0v) is 10.4. The summed E-state index contributed by atoms with van der Waals surface area (Å²) >= 11 is 0. The lowest BCUT2D eigenvalue weighted by atomic mass is 10.2. The fourth-order valence-corrected chi connectivity index (χ4v) is 1.62. The summed E-state index contributed by atoms with van der Waals surface area (Å²) in [5.41, 5.74) is 0.806. The SMILES string of the molecule is CCC(C)NC(=O)c1ccc2ccc(F)cc2n1. The number of hydrogen-bond acceptors (Lipinski definition) is 2. The van der Waals surface area contributed by atoms with E-state index in [1.807, 2.05) is 13.8 Å². The van der Waals surface area contributed by atoms with Crippen LogP contribution in [0.15, 0.2) is 30.3 Å². The van der Waals surface area contributed by atoms with Crippen LogP contribution in [0.5, 0.6) is 0 Å². The first kappa shape index (κ1) is 12.5. The summed E-state index contributed by atoms with van der Waals surface area (Å²) in [5, 5.41) is 3.65. The van der Waals surface area contributed by atoms with Crippen LogP contribution >= 0.6 is 0 Å². The van der Waals surface area contributed by atoms with Gasteiger partial charge in [-0.3, -0.25) is 4.79 Å². The average molecular weight is 246 g/mol. The van der Waals surface area contributed by atoms with Crippen molar-refractivity contribution in [1.82, 2.24) is 10.3 Å². The minimum atomic E-state index is -0.352. The number of nitrogens with zero attached hydrogens (tertiary/aromatic N) is 1. The molecule has 1 atom stereocenters. The van der Waals surface area contributed by atoms with Gasteiger partial charge in [-0.1, -0.05) is 13.0 Å². The highest BCUT2D eigenvalue weighted by Crippen LogP contribution is 2.14. The molecule has 4 heteroatoms. The quantitative estimate of drug-likeness (QED) is 0.904. The van der Waals surface area contributed by atoms with Gasteiger partial charge in [0.15, 0.2) is 0 Å². The maximum atomic E-state index is 13.1. The summed E-state index contributed by atoms with van der Waals surface area (Å²) in [6, 6.07) is 7.87. The molecule has 94 valence electrons. The summed E-state index contributed by atoms with van der Waals surface area (Å²) in [5.74, 6) is -0.579. The van der Waals surface area contributed by atoms with Crippen LogP contribution < -0.4 is 5.32 Å². The van der Waals surface area contributed by atoms with E-state index in [-0.39, 0.29) is 17.8 Å². The molecule has 1 N–H and O–H groups in total. The van der Waals surface area contributed by atoms with Crippen molar-refractivity contribution in [3.63, 3.8) is 0 Å². The predicted octanol–water partition coefficient (Wildman–Crippen LogP) is 2.90. The van der Waals surface area contributed by atoms with E-state index in [1.165, 1.54) is 12.1 Å². The lowest BCUT2D eigenvalue weighted by molar-refractivity contribution is 0.0934. The van der Waals surface area contributed by atoms with E-state index >= 15 is 0 Å². The number of carbonyl (C=O) groups excluding carboxylic acids is 1. The number of amides is 1. The van der Waals surface area contributed by atoms with E-state index in [2.05, 4.69) is 10.3 Å². The van der Waals surface area contributed by atoms with E-state index in [4.69, 9.17) is 0 Å². The first-order valence-electron chi connectivity index (χ1n) is 5.97. The normalized spacial score (nSPS) is 12.4. The third-order valence-electron chi connectivity index (χ3n) is 2.88. The van der Waals surface area contributed by atoms with Crippen LogP contribution in [0, 0.1) is 5.82 Å². The molecule has 1 aromatic heterocycles. The highest BCUT2D eigenvalue weighted by molar-refractivity contribution is 5.95.